The molecule has 3 heteroatoms. The van der Waals surface area contributed by atoms with Crippen molar-refractivity contribution in [3.8, 4) is 0 Å². The molecule has 0 fully saturated rings. The fourth-order valence-electron chi connectivity index (χ4n) is 3.27. The molecule has 25 heavy (non-hydrogen) atoms. The van der Waals surface area contributed by atoms with Crippen molar-refractivity contribution in [2.45, 2.75) is 12.5 Å². The van der Waals surface area contributed by atoms with Crippen LogP contribution in [0.15, 0.2) is 79.0 Å². The third kappa shape index (κ3) is 2.90. The van der Waals surface area contributed by atoms with Crippen LogP contribution in [0.5, 0.6) is 0 Å². The van der Waals surface area contributed by atoms with Crippen LogP contribution >= 0.6 is 0 Å². The number of hydrogen-bond acceptors (Lipinski definition) is 3. The Kier molecular flexibility index (Phi) is 4.00. The van der Waals surface area contributed by atoms with Crippen LogP contribution in [-0.2, 0) is 0 Å². The number of pyridine rings is 1. The highest BCUT2D eigenvalue weighted by molar-refractivity contribution is 6.19. The van der Waals surface area contributed by atoms with Crippen molar-refractivity contribution in [2.75, 3.05) is 0 Å². The van der Waals surface area contributed by atoms with Crippen LogP contribution in [0.2, 0.25) is 0 Å². The van der Waals surface area contributed by atoms with Crippen LogP contribution in [0.25, 0.3) is 21.5 Å². The Hall–Kier alpha value is -3.04. The lowest BCUT2D eigenvalue weighted by Crippen LogP contribution is -2.09. The second-order valence-electron chi connectivity index (χ2n) is 6.09. The molecule has 1 atom stereocenters. The molecule has 0 spiro atoms. The van der Waals surface area contributed by atoms with Gasteiger partial charge in [-0.2, -0.15) is 0 Å². The first-order valence-corrected chi connectivity index (χ1v) is 8.27. The zero-order valence-corrected chi connectivity index (χ0v) is 13.6. The summed E-state index contributed by atoms with van der Waals surface area (Å²) in [6, 6.07) is 23.2. The van der Waals surface area contributed by atoms with Gasteiger partial charge in [0, 0.05) is 18.2 Å². The van der Waals surface area contributed by atoms with E-state index in [2.05, 4.69) is 11.1 Å². The number of aromatic nitrogens is 1. The molecule has 0 aliphatic heterocycles. The van der Waals surface area contributed by atoms with Crippen LogP contribution in [0.3, 0.4) is 0 Å². The Morgan fingerprint density at radius 1 is 0.880 bits per heavy atom. The molecule has 122 valence electrons. The summed E-state index contributed by atoms with van der Waals surface area (Å²) in [6.45, 7) is 0. The first kappa shape index (κ1) is 15.5. The lowest BCUT2D eigenvalue weighted by atomic mass is 9.92. The average Bonchev–Trinajstić information content (AvgIpc) is 2.66. The summed E-state index contributed by atoms with van der Waals surface area (Å²) in [5.74, 6) is -0.0776. The van der Waals surface area contributed by atoms with Crippen LogP contribution in [0.4, 0.5) is 0 Å². The molecule has 0 radical (unpaired) electrons. The first-order valence-electron chi connectivity index (χ1n) is 8.27. The largest absolute Gasteiger partial charge is 0.386 e. The fourth-order valence-corrected chi connectivity index (χ4v) is 3.27. The van der Waals surface area contributed by atoms with Gasteiger partial charge in [-0.3, -0.25) is 9.78 Å². The maximum Gasteiger partial charge on any atom is 0.167 e. The van der Waals surface area contributed by atoms with Crippen LogP contribution in [0.1, 0.15) is 28.6 Å². The van der Waals surface area contributed by atoms with Crippen molar-refractivity contribution in [1.82, 2.24) is 4.98 Å². The number of nitrogens with zero attached hydrogens (tertiary/aromatic N) is 1. The Balaban J connectivity index is 1.82. The summed E-state index contributed by atoms with van der Waals surface area (Å²) < 4.78 is 0. The number of carbonyl (C=O) groups excluding carboxylic acids is 1. The third-order valence-corrected chi connectivity index (χ3v) is 4.46. The number of fused-ring (bicyclic) bond motifs is 2. The predicted octanol–water partition coefficient (Wildman–Crippen LogP) is 4.69. The second kappa shape index (κ2) is 6.46. The lowest BCUT2D eigenvalue weighted by Gasteiger charge is -2.13. The van der Waals surface area contributed by atoms with E-state index in [1.54, 1.807) is 18.3 Å². The summed E-state index contributed by atoms with van der Waals surface area (Å²) in [4.78, 5) is 17.2. The standard InChI is InChI=1S/C22H17NO2/c24-20(19-11-5-6-12-23-19)14-21(25)22-17-9-3-1-7-15(17)13-16-8-2-4-10-18(16)22/h1-13,20,24H,14H2. The molecule has 0 saturated carbocycles. The van der Waals surface area contributed by atoms with Gasteiger partial charge in [0.05, 0.1) is 5.69 Å². The van der Waals surface area contributed by atoms with Crippen LogP contribution in [-0.4, -0.2) is 15.9 Å². The molecule has 0 aliphatic rings. The monoisotopic (exact) mass is 327 g/mol. The number of rotatable bonds is 4. The van der Waals surface area contributed by atoms with E-state index in [0.717, 1.165) is 21.5 Å². The Morgan fingerprint density at radius 2 is 1.48 bits per heavy atom. The molecule has 3 aromatic carbocycles. The number of aliphatic hydroxyl groups excluding tert-OH is 1. The highest BCUT2D eigenvalue weighted by Crippen LogP contribution is 2.30. The molecular weight excluding hydrogens is 310 g/mol. The molecule has 1 heterocycles. The minimum atomic E-state index is -0.911. The van der Waals surface area contributed by atoms with Crippen molar-refractivity contribution < 1.29 is 9.90 Å². The van der Waals surface area contributed by atoms with Crippen molar-refractivity contribution in [3.05, 3.63) is 90.3 Å². The summed E-state index contributed by atoms with van der Waals surface area (Å²) in [5.41, 5.74) is 1.18. The van der Waals surface area contributed by atoms with Gasteiger partial charge < -0.3 is 5.11 Å². The molecule has 1 N–H and O–H groups in total. The number of benzene rings is 3. The summed E-state index contributed by atoms with van der Waals surface area (Å²) in [5, 5.41) is 14.3. The van der Waals surface area contributed by atoms with Crippen molar-refractivity contribution in [3.63, 3.8) is 0 Å². The second-order valence-corrected chi connectivity index (χ2v) is 6.09. The van der Waals surface area contributed by atoms with Gasteiger partial charge in [-0.25, -0.2) is 0 Å². The molecule has 0 bridgehead atoms. The van der Waals surface area contributed by atoms with E-state index in [1.807, 2.05) is 54.6 Å². The number of carbonyl (C=O) groups is 1. The van der Waals surface area contributed by atoms with Gasteiger partial charge in [0.15, 0.2) is 5.78 Å². The van der Waals surface area contributed by atoms with E-state index in [-0.39, 0.29) is 12.2 Å². The topological polar surface area (TPSA) is 50.2 Å². The molecule has 0 saturated heterocycles. The zero-order chi connectivity index (χ0) is 17.2. The normalized spacial score (nSPS) is 12.4. The van der Waals surface area contributed by atoms with Crippen LogP contribution in [0, 0.1) is 0 Å². The molecule has 0 amide bonds. The van der Waals surface area contributed by atoms with Gasteiger partial charge in [-0.05, 0) is 39.7 Å². The summed E-state index contributed by atoms with van der Waals surface area (Å²) in [6.07, 6.45) is 0.720. The molecule has 1 unspecified atom stereocenters. The summed E-state index contributed by atoms with van der Waals surface area (Å²) in [7, 11) is 0. The fraction of sp³-hybridized carbons (Fsp3) is 0.0909. The van der Waals surface area contributed by atoms with E-state index >= 15 is 0 Å². The Labute approximate surface area is 145 Å². The SMILES string of the molecule is O=C(CC(O)c1ccccn1)c1c2ccccc2cc2ccccc12. The van der Waals surface area contributed by atoms with Gasteiger partial charge in [0.2, 0.25) is 0 Å². The van der Waals surface area contributed by atoms with E-state index < -0.39 is 6.10 Å². The Morgan fingerprint density at radius 3 is 2.08 bits per heavy atom. The smallest absolute Gasteiger partial charge is 0.167 e. The quantitative estimate of drug-likeness (QED) is 0.437. The number of aliphatic hydroxyl groups is 1. The third-order valence-electron chi connectivity index (χ3n) is 4.46. The van der Waals surface area contributed by atoms with E-state index in [1.165, 1.54) is 0 Å². The van der Waals surface area contributed by atoms with Crippen molar-refractivity contribution >= 4 is 27.3 Å². The van der Waals surface area contributed by atoms with E-state index in [0.29, 0.717) is 11.3 Å². The maximum absolute atomic E-state index is 13.1. The Bertz CT molecular complexity index is 1000. The van der Waals surface area contributed by atoms with Gasteiger partial charge in [0.25, 0.3) is 0 Å². The van der Waals surface area contributed by atoms with Crippen molar-refractivity contribution in [1.29, 1.82) is 0 Å². The highest BCUT2D eigenvalue weighted by Gasteiger charge is 2.19. The number of ketones is 1. The van der Waals surface area contributed by atoms with Crippen molar-refractivity contribution in [2.24, 2.45) is 0 Å². The maximum atomic E-state index is 13.1. The molecular formula is C22H17NO2. The van der Waals surface area contributed by atoms with Gasteiger partial charge in [-0.1, -0.05) is 54.6 Å². The van der Waals surface area contributed by atoms with Gasteiger partial charge in [0.1, 0.15) is 6.10 Å². The first-order chi connectivity index (χ1) is 12.2. The zero-order valence-electron chi connectivity index (χ0n) is 13.6. The number of Topliss-reactive ketones (excluding diaryl/α,β-unsaturated/α-hetero) is 1. The molecule has 1 aromatic heterocycles. The summed E-state index contributed by atoms with van der Waals surface area (Å²) >= 11 is 0. The molecule has 4 aromatic rings. The lowest BCUT2D eigenvalue weighted by molar-refractivity contribution is 0.0878. The molecule has 4 rings (SSSR count). The molecule has 0 aliphatic carbocycles. The van der Waals surface area contributed by atoms with Gasteiger partial charge in [-0.15, -0.1) is 0 Å². The number of hydrogen-bond donors (Lipinski definition) is 1. The average molecular weight is 327 g/mol. The highest BCUT2D eigenvalue weighted by atomic mass is 16.3. The minimum Gasteiger partial charge on any atom is -0.386 e. The van der Waals surface area contributed by atoms with Gasteiger partial charge >= 0.3 is 0 Å². The van der Waals surface area contributed by atoms with Crippen LogP contribution < -0.4 is 0 Å². The predicted molar refractivity (Wildman–Crippen MR) is 99.6 cm³/mol. The minimum absolute atomic E-state index is 0.00894. The van der Waals surface area contributed by atoms with E-state index in [4.69, 9.17) is 0 Å². The molecule has 3 nitrogen and oxygen atoms in total. The van der Waals surface area contributed by atoms with E-state index in [9.17, 15) is 9.90 Å².